The van der Waals surface area contributed by atoms with Gasteiger partial charge in [-0.2, -0.15) is 0 Å². The number of rotatable bonds is 2. The van der Waals surface area contributed by atoms with Gasteiger partial charge in [0.15, 0.2) is 0 Å². The van der Waals surface area contributed by atoms with Crippen molar-refractivity contribution < 1.29 is 9.53 Å². The van der Waals surface area contributed by atoms with Crippen LogP contribution in [0.1, 0.15) is 18.4 Å². The number of halogens is 1. The Labute approximate surface area is 117 Å². The van der Waals surface area contributed by atoms with Crippen molar-refractivity contribution in [3.8, 4) is 11.8 Å². The highest BCUT2D eigenvalue weighted by atomic mass is 35.5. The van der Waals surface area contributed by atoms with Crippen molar-refractivity contribution in [3.05, 3.63) is 28.8 Å². The highest BCUT2D eigenvalue weighted by molar-refractivity contribution is 6.31. The van der Waals surface area contributed by atoms with Crippen molar-refractivity contribution in [1.82, 2.24) is 0 Å². The van der Waals surface area contributed by atoms with E-state index in [2.05, 4.69) is 17.2 Å². The summed E-state index contributed by atoms with van der Waals surface area (Å²) in [5.41, 5.74) is 6.63. The molecule has 4 nitrogen and oxygen atoms in total. The molecular weight excluding hydrogens is 264 g/mol. The van der Waals surface area contributed by atoms with Gasteiger partial charge in [0.25, 0.3) is 5.91 Å². The second kappa shape index (κ2) is 6.58. The molecule has 1 atom stereocenters. The molecule has 1 aromatic carbocycles. The molecule has 19 heavy (non-hydrogen) atoms. The van der Waals surface area contributed by atoms with Crippen LogP contribution >= 0.6 is 11.6 Å². The molecule has 1 aliphatic heterocycles. The summed E-state index contributed by atoms with van der Waals surface area (Å²) < 4.78 is 5.32. The molecule has 0 aliphatic carbocycles. The van der Waals surface area contributed by atoms with Gasteiger partial charge in [0.2, 0.25) is 0 Å². The third-order valence-corrected chi connectivity index (χ3v) is 3.11. The largest absolute Gasteiger partial charge is 0.368 e. The van der Waals surface area contributed by atoms with Crippen LogP contribution in [0.25, 0.3) is 0 Å². The fraction of sp³-hybridized carbons (Fsp3) is 0.357. The molecule has 1 heterocycles. The lowest BCUT2D eigenvalue weighted by molar-refractivity contribution is -0.124. The Morgan fingerprint density at radius 2 is 2.42 bits per heavy atom. The Hall–Kier alpha value is -1.54. The summed E-state index contributed by atoms with van der Waals surface area (Å²) >= 11 is 6.01. The van der Waals surface area contributed by atoms with E-state index in [0.717, 1.165) is 12.8 Å². The van der Waals surface area contributed by atoms with Gasteiger partial charge >= 0.3 is 0 Å². The van der Waals surface area contributed by atoms with Gasteiger partial charge in [0.05, 0.1) is 11.6 Å². The van der Waals surface area contributed by atoms with Crippen LogP contribution in [0.2, 0.25) is 5.02 Å². The first-order valence-corrected chi connectivity index (χ1v) is 6.49. The Kier molecular flexibility index (Phi) is 4.80. The van der Waals surface area contributed by atoms with Crippen molar-refractivity contribution in [2.24, 2.45) is 5.73 Å². The van der Waals surface area contributed by atoms with Crippen molar-refractivity contribution >= 4 is 23.2 Å². The summed E-state index contributed by atoms with van der Waals surface area (Å²) in [6, 6.07) is 5.17. The predicted molar refractivity (Wildman–Crippen MR) is 75.0 cm³/mol. The highest BCUT2D eigenvalue weighted by Crippen LogP contribution is 2.21. The predicted octanol–water partition coefficient (Wildman–Crippen LogP) is 1.77. The van der Waals surface area contributed by atoms with E-state index in [4.69, 9.17) is 22.1 Å². The lowest BCUT2D eigenvalue weighted by atomic mass is 10.2. The van der Waals surface area contributed by atoms with E-state index >= 15 is 0 Å². The molecule has 5 heteroatoms. The standard InChI is InChI=1S/C14H15ClN2O2/c15-12-6-5-11(9-10(12)3-1-7-16)17-14(18)13-4-2-8-19-13/h5-6,9,13H,2,4,7-8,16H2,(H,17,18). The fourth-order valence-electron chi connectivity index (χ4n) is 1.85. The first kappa shape index (κ1) is 13.9. The monoisotopic (exact) mass is 278 g/mol. The Bertz CT molecular complexity index is 528. The minimum absolute atomic E-state index is 0.127. The number of hydrogen-bond donors (Lipinski definition) is 2. The van der Waals surface area contributed by atoms with Crippen LogP contribution in [0.15, 0.2) is 18.2 Å². The summed E-state index contributed by atoms with van der Waals surface area (Å²) in [6.45, 7) is 0.911. The number of nitrogens with one attached hydrogen (secondary N) is 1. The number of nitrogens with two attached hydrogens (primary N) is 1. The van der Waals surface area contributed by atoms with Crippen molar-refractivity contribution in [2.45, 2.75) is 18.9 Å². The number of ether oxygens (including phenoxy) is 1. The molecule has 1 unspecified atom stereocenters. The number of amides is 1. The summed E-state index contributed by atoms with van der Waals surface area (Å²) in [5, 5.41) is 3.34. The van der Waals surface area contributed by atoms with Crippen molar-refractivity contribution in [1.29, 1.82) is 0 Å². The van der Waals surface area contributed by atoms with Gasteiger partial charge in [-0.25, -0.2) is 0 Å². The third-order valence-electron chi connectivity index (χ3n) is 2.78. The molecule has 1 fully saturated rings. The van der Waals surface area contributed by atoms with Crippen LogP contribution in [-0.4, -0.2) is 25.2 Å². The number of carbonyl (C=O) groups is 1. The maximum atomic E-state index is 11.9. The van der Waals surface area contributed by atoms with Gasteiger partial charge in [-0.05, 0) is 31.0 Å². The van der Waals surface area contributed by atoms with Crippen molar-refractivity contribution in [3.63, 3.8) is 0 Å². The molecule has 0 aromatic heterocycles. The summed E-state index contributed by atoms with van der Waals surface area (Å²) in [7, 11) is 0. The van der Waals surface area contributed by atoms with Crippen LogP contribution in [0.3, 0.4) is 0 Å². The minimum atomic E-state index is -0.353. The minimum Gasteiger partial charge on any atom is -0.368 e. The quantitative estimate of drug-likeness (QED) is 0.811. The molecule has 1 amide bonds. The van der Waals surface area contributed by atoms with E-state index in [-0.39, 0.29) is 18.6 Å². The maximum Gasteiger partial charge on any atom is 0.253 e. The van der Waals surface area contributed by atoms with Gasteiger partial charge in [0, 0.05) is 17.9 Å². The molecule has 1 saturated heterocycles. The van der Waals surface area contributed by atoms with E-state index in [1.807, 2.05) is 0 Å². The summed E-state index contributed by atoms with van der Waals surface area (Å²) in [5.74, 6) is 5.48. The zero-order valence-electron chi connectivity index (χ0n) is 10.4. The van der Waals surface area contributed by atoms with E-state index in [1.54, 1.807) is 18.2 Å². The molecule has 0 spiro atoms. The number of hydrogen-bond acceptors (Lipinski definition) is 3. The zero-order valence-corrected chi connectivity index (χ0v) is 11.2. The molecule has 0 saturated carbocycles. The molecule has 100 valence electrons. The number of benzene rings is 1. The number of carbonyl (C=O) groups excluding carboxylic acids is 1. The van der Waals surface area contributed by atoms with E-state index in [1.165, 1.54) is 0 Å². The average molecular weight is 279 g/mol. The van der Waals surface area contributed by atoms with E-state index in [0.29, 0.717) is 22.9 Å². The Morgan fingerprint density at radius 1 is 1.58 bits per heavy atom. The van der Waals surface area contributed by atoms with Gasteiger partial charge in [-0.1, -0.05) is 23.4 Å². The van der Waals surface area contributed by atoms with Crippen LogP contribution in [0, 0.1) is 11.8 Å². The zero-order chi connectivity index (χ0) is 13.7. The second-order valence-corrected chi connectivity index (χ2v) is 4.60. The van der Waals surface area contributed by atoms with Gasteiger partial charge in [-0.15, -0.1) is 0 Å². The normalized spacial score (nSPS) is 17.7. The summed E-state index contributed by atoms with van der Waals surface area (Å²) in [4.78, 5) is 11.9. The van der Waals surface area contributed by atoms with Crippen molar-refractivity contribution in [2.75, 3.05) is 18.5 Å². The van der Waals surface area contributed by atoms with Crippen LogP contribution in [-0.2, 0) is 9.53 Å². The SMILES string of the molecule is NCC#Cc1cc(NC(=O)C2CCCO2)ccc1Cl. The van der Waals surface area contributed by atoms with Gasteiger partial charge < -0.3 is 15.8 Å². The third kappa shape index (κ3) is 3.71. The lowest BCUT2D eigenvalue weighted by Crippen LogP contribution is -2.26. The Balaban J connectivity index is 2.10. The topological polar surface area (TPSA) is 64.3 Å². The van der Waals surface area contributed by atoms with Crippen LogP contribution < -0.4 is 11.1 Å². The molecule has 2 rings (SSSR count). The second-order valence-electron chi connectivity index (χ2n) is 4.19. The highest BCUT2D eigenvalue weighted by Gasteiger charge is 2.23. The molecule has 0 radical (unpaired) electrons. The fourth-order valence-corrected chi connectivity index (χ4v) is 2.02. The van der Waals surface area contributed by atoms with Crippen LogP contribution in [0.5, 0.6) is 0 Å². The summed E-state index contributed by atoms with van der Waals surface area (Å²) in [6.07, 6.45) is 1.33. The number of anilines is 1. The molecule has 3 N–H and O–H groups in total. The maximum absolute atomic E-state index is 11.9. The Morgan fingerprint density at radius 3 is 3.11 bits per heavy atom. The van der Waals surface area contributed by atoms with Crippen LogP contribution in [0.4, 0.5) is 5.69 Å². The van der Waals surface area contributed by atoms with Gasteiger partial charge in [-0.3, -0.25) is 4.79 Å². The smallest absolute Gasteiger partial charge is 0.253 e. The molecule has 1 aliphatic rings. The molecule has 0 bridgehead atoms. The molecule has 1 aromatic rings. The van der Waals surface area contributed by atoms with E-state index < -0.39 is 0 Å². The molecular formula is C14H15ClN2O2. The average Bonchev–Trinajstić information content (AvgIpc) is 2.93. The first-order chi connectivity index (χ1) is 9.20. The first-order valence-electron chi connectivity index (χ1n) is 6.11. The van der Waals surface area contributed by atoms with E-state index in [9.17, 15) is 4.79 Å². The lowest BCUT2D eigenvalue weighted by Gasteiger charge is -2.11. The van der Waals surface area contributed by atoms with Gasteiger partial charge in [0.1, 0.15) is 6.10 Å².